The molecule has 0 atom stereocenters. The first-order valence-electron chi connectivity index (χ1n) is 5.84. The van der Waals surface area contributed by atoms with Gasteiger partial charge in [-0.05, 0) is 18.2 Å². The van der Waals surface area contributed by atoms with Crippen molar-refractivity contribution in [3.8, 4) is 0 Å². The van der Waals surface area contributed by atoms with Crippen LogP contribution in [0.5, 0.6) is 0 Å². The number of aromatic nitrogens is 2. The topological polar surface area (TPSA) is 41.4 Å². The summed E-state index contributed by atoms with van der Waals surface area (Å²) in [5.74, 6) is 0.987. The largest absolute Gasteiger partial charge is 0.329 e. The minimum absolute atomic E-state index is 0.872. The molecule has 0 amide bonds. The Hall–Kier alpha value is -2.49. The van der Waals surface area contributed by atoms with Gasteiger partial charge in [-0.15, -0.1) is 0 Å². The molecule has 4 nitrogen and oxygen atoms in total. The highest BCUT2D eigenvalue weighted by molar-refractivity contribution is 5.77. The Bertz CT molecular complexity index is 817. The third-order valence-corrected chi connectivity index (χ3v) is 3.16. The molecule has 0 radical (unpaired) electrons. The first-order chi connectivity index (χ1) is 8.90. The number of allylic oxidation sites excluding steroid dienone is 2. The van der Waals surface area contributed by atoms with Crippen LogP contribution in [0.2, 0.25) is 0 Å². The van der Waals surface area contributed by atoms with Crippen molar-refractivity contribution in [3.05, 3.63) is 59.3 Å². The highest BCUT2D eigenvalue weighted by Gasteiger charge is 2.11. The minimum atomic E-state index is 0.872. The molecule has 0 fully saturated rings. The van der Waals surface area contributed by atoms with E-state index in [-0.39, 0.29) is 0 Å². The van der Waals surface area contributed by atoms with Gasteiger partial charge in [0.05, 0.1) is 10.9 Å². The van der Waals surface area contributed by atoms with Gasteiger partial charge in [-0.3, -0.25) is 0 Å². The second-order valence-corrected chi connectivity index (χ2v) is 4.34. The lowest BCUT2D eigenvalue weighted by Gasteiger charge is -2.23. The van der Waals surface area contributed by atoms with E-state index < -0.39 is 0 Å². The molecule has 2 aliphatic heterocycles. The number of benzene rings is 1. The summed E-state index contributed by atoms with van der Waals surface area (Å²) in [6, 6.07) is 4.10. The van der Waals surface area contributed by atoms with Gasteiger partial charge in [0.2, 0.25) is 0 Å². The quantitative estimate of drug-likeness (QED) is 0.674. The first-order valence-corrected chi connectivity index (χ1v) is 5.84. The smallest absolute Gasteiger partial charge is 0.133 e. The van der Waals surface area contributed by atoms with E-state index in [2.05, 4.69) is 38.2 Å². The van der Waals surface area contributed by atoms with Crippen LogP contribution in [0, 0.1) is 0 Å². The second kappa shape index (κ2) is 3.50. The molecule has 1 aromatic carbocycles. The van der Waals surface area contributed by atoms with Crippen molar-refractivity contribution in [3.63, 3.8) is 0 Å². The number of rotatable bonds is 0. The van der Waals surface area contributed by atoms with Gasteiger partial charge in [0.15, 0.2) is 0 Å². The second-order valence-electron chi connectivity index (χ2n) is 4.34. The third kappa shape index (κ3) is 1.35. The molecule has 0 bridgehead atoms. The van der Waals surface area contributed by atoms with Crippen LogP contribution in [0.4, 0.5) is 0 Å². The molecule has 0 aliphatic carbocycles. The van der Waals surface area contributed by atoms with Gasteiger partial charge in [-0.2, -0.15) is 0 Å². The SMILES string of the molecule is C1=CCN2C=c3cc4ncncc4cc3=NC2=C1. The number of fused-ring (bicyclic) bond motifs is 3. The molecule has 2 aliphatic rings. The summed E-state index contributed by atoms with van der Waals surface area (Å²) in [6.45, 7) is 0.872. The molecule has 2 aromatic rings. The Balaban J connectivity index is 2.08. The first kappa shape index (κ1) is 9.53. The van der Waals surface area contributed by atoms with Gasteiger partial charge >= 0.3 is 0 Å². The van der Waals surface area contributed by atoms with E-state index in [1.165, 1.54) is 0 Å². The van der Waals surface area contributed by atoms with Gasteiger partial charge in [0, 0.05) is 29.5 Å². The van der Waals surface area contributed by atoms with Crippen molar-refractivity contribution < 1.29 is 0 Å². The predicted molar refractivity (Wildman–Crippen MR) is 68.7 cm³/mol. The molecular weight excluding hydrogens is 224 g/mol. The van der Waals surface area contributed by atoms with E-state index >= 15 is 0 Å². The summed E-state index contributed by atoms with van der Waals surface area (Å²) < 4.78 is 0. The van der Waals surface area contributed by atoms with Crippen LogP contribution in [0.15, 0.2) is 53.7 Å². The van der Waals surface area contributed by atoms with Gasteiger partial charge in [-0.1, -0.05) is 12.2 Å². The van der Waals surface area contributed by atoms with E-state index in [1.807, 2.05) is 24.4 Å². The Morgan fingerprint density at radius 3 is 3.22 bits per heavy atom. The van der Waals surface area contributed by atoms with Crippen LogP contribution in [-0.4, -0.2) is 21.4 Å². The predicted octanol–water partition coefficient (Wildman–Crippen LogP) is 0.714. The van der Waals surface area contributed by atoms with Gasteiger partial charge in [-0.25, -0.2) is 15.0 Å². The van der Waals surface area contributed by atoms with Crippen LogP contribution < -0.4 is 10.6 Å². The molecule has 18 heavy (non-hydrogen) atoms. The normalized spacial score (nSPS) is 16.4. The van der Waals surface area contributed by atoms with Crippen molar-refractivity contribution in [2.24, 2.45) is 4.99 Å². The Kier molecular flexibility index (Phi) is 1.85. The van der Waals surface area contributed by atoms with Crippen molar-refractivity contribution in [1.29, 1.82) is 0 Å². The zero-order valence-electron chi connectivity index (χ0n) is 9.61. The van der Waals surface area contributed by atoms with E-state index in [4.69, 9.17) is 0 Å². The highest BCUT2D eigenvalue weighted by Crippen LogP contribution is 2.13. The molecule has 4 rings (SSSR count). The van der Waals surface area contributed by atoms with Crippen LogP contribution in [-0.2, 0) is 0 Å². The highest BCUT2D eigenvalue weighted by atomic mass is 15.2. The minimum Gasteiger partial charge on any atom is -0.329 e. The zero-order chi connectivity index (χ0) is 11.9. The standard InChI is InChI=1S/C14H10N4/c1-2-4-18-8-11-6-12-10(7-15-9-16-12)5-13(11)17-14(18)3-1/h1-3,5-9H,4H2. The maximum absolute atomic E-state index is 4.67. The molecule has 1 aromatic heterocycles. The lowest BCUT2D eigenvalue weighted by molar-refractivity contribution is 0.535. The maximum Gasteiger partial charge on any atom is 0.133 e. The Labute approximate surface area is 103 Å². The van der Waals surface area contributed by atoms with E-state index in [0.29, 0.717) is 0 Å². The fourth-order valence-corrected chi connectivity index (χ4v) is 2.26. The third-order valence-electron chi connectivity index (χ3n) is 3.16. The van der Waals surface area contributed by atoms with Gasteiger partial charge in [0.1, 0.15) is 12.1 Å². The average molecular weight is 234 g/mol. The van der Waals surface area contributed by atoms with Crippen LogP contribution in [0.3, 0.4) is 0 Å². The molecule has 3 heterocycles. The summed E-state index contributed by atoms with van der Waals surface area (Å²) in [7, 11) is 0. The Morgan fingerprint density at radius 2 is 2.22 bits per heavy atom. The molecule has 0 saturated carbocycles. The monoisotopic (exact) mass is 234 g/mol. The summed E-state index contributed by atoms with van der Waals surface area (Å²) in [6.07, 6.45) is 11.7. The number of hydrogen-bond acceptors (Lipinski definition) is 4. The van der Waals surface area contributed by atoms with Crippen LogP contribution in [0.1, 0.15) is 0 Å². The lowest BCUT2D eigenvalue weighted by atomic mass is 10.2. The number of nitrogens with zero attached hydrogens (tertiary/aromatic N) is 4. The van der Waals surface area contributed by atoms with E-state index in [9.17, 15) is 0 Å². The van der Waals surface area contributed by atoms with Crippen LogP contribution >= 0.6 is 0 Å². The van der Waals surface area contributed by atoms with E-state index in [0.717, 1.165) is 33.8 Å². The Morgan fingerprint density at radius 1 is 1.22 bits per heavy atom. The fraction of sp³-hybridized carbons (Fsp3) is 0.0714. The van der Waals surface area contributed by atoms with Crippen molar-refractivity contribution in [1.82, 2.24) is 14.9 Å². The lowest BCUT2D eigenvalue weighted by Crippen LogP contribution is -2.35. The van der Waals surface area contributed by atoms with Gasteiger partial charge < -0.3 is 4.90 Å². The van der Waals surface area contributed by atoms with E-state index in [1.54, 1.807) is 6.33 Å². The van der Waals surface area contributed by atoms with Gasteiger partial charge in [0.25, 0.3) is 0 Å². The van der Waals surface area contributed by atoms with Crippen molar-refractivity contribution in [2.75, 3.05) is 6.54 Å². The molecule has 0 spiro atoms. The van der Waals surface area contributed by atoms with Crippen molar-refractivity contribution >= 4 is 17.1 Å². The number of hydrogen-bond donors (Lipinski definition) is 0. The summed E-state index contributed by atoms with van der Waals surface area (Å²) in [4.78, 5) is 15.1. The fourth-order valence-electron chi connectivity index (χ4n) is 2.26. The molecule has 86 valence electrons. The summed E-state index contributed by atoms with van der Waals surface area (Å²) in [5.41, 5.74) is 0.954. The molecule has 4 heteroatoms. The van der Waals surface area contributed by atoms with Crippen LogP contribution in [0.25, 0.3) is 17.1 Å². The molecule has 0 N–H and O–H groups in total. The summed E-state index contributed by atoms with van der Waals surface area (Å²) >= 11 is 0. The average Bonchev–Trinajstić information content (AvgIpc) is 2.42. The maximum atomic E-state index is 4.67. The van der Waals surface area contributed by atoms with Crippen molar-refractivity contribution in [2.45, 2.75) is 0 Å². The zero-order valence-corrected chi connectivity index (χ0v) is 9.61. The molecule has 0 saturated heterocycles. The molecular formula is C14H10N4. The summed E-state index contributed by atoms with van der Waals surface area (Å²) in [5, 5.41) is 3.11. The molecule has 0 unspecified atom stereocenters.